The largest absolute Gasteiger partial charge is 0.351 e. The maximum absolute atomic E-state index is 12.5. The summed E-state index contributed by atoms with van der Waals surface area (Å²) in [5.74, 6) is 1.69. The normalized spacial score (nSPS) is 29.3. The Morgan fingerprint density at radius 1 is 1.30 bits per heavy atom. The van der Waals surface area contributed by atoms with Crippen molar-refractivity contribution in [2.24, 2.45) is 11.8 Å². The first kappa shape index (κ1) is 15.2. The molecule has 126 valence electrons. The first-order chi connectivity index (χ1) is 11.2. The summed E-state index contributed by atoms with van der Waals surface area (Å²) in [4.78, 5) is 15.1. The number of likely N-dealkylation sites (tertiary alicyclic amines) is 1. The predicted octanol–water partition coefficient (Wildman–Crippen LogP) is 2.62. The Morgan fingerprint density at radius 2 is 2.09 bits per heavy atom. The lowest BCUT2D eigenvalue weighted by Crippen LogP contribution is -2.41. The molecule has 1 N–H and O–H groups in total. The van der Waals surface area contributed by atoms with E-state index in [0.29, 0.717) is 11.7 Å². The highest BCUT2D eigenvalue weighted by Gasteiger charge is 2.45. The van der Waals surface area contributed by atoms with Crippen LogP contribution in [-0.2, 0) is 6.42 Å². The molecule has 2 aliphatic carbocycles. The van der Waals surface area contributed by atoms with Crippen LogP contribution in [-0.4, -0.2) is 41.1 Å². The van der Waals surface area contributed by atoms with Crippen molar-refractivity contribution in [2.75, 3.05) is 13.1 Å². The lowest BCUT2D eigenvalue weighted by atomic mass is 9.98. The molecule has 1 aromatic heterocycles. The summed E-state index contributed by atoms with van der Waals surface area (Å²) in [7, 11) is 0. The van der Waals surface area contributed by atoms with Crippen LogP contribution < -0.4 is 5.32 Å². The number of hydrogen-bond acceptors (Lipinski definition) is 4. The third kappa shape index (κ3) is 3.16. The lowest BCUT2D eigenvalue weighted by Gasteiger charge is -2.23. The molecule has 1 aromatic rings. The van der Waals surface area contributed by atoms with E-state index in [1.807, 2.05) is 6.92 Å². The first-order valence-electron chi connectivity index (χ1n) is 9.25. The maximum Gasteiger partial charge on any atom is 0.290 e. The number of nitrogens with zero attached hydrogens (tertiary/aromatic N) is 2. The van der Waals surface area contributed by atoms with Gasteiger partial charge in [0, 0.05) is 31.2 Å². The second-order valence-corrected chi connectivity index (χ2v) is 7.51. The van der Waals surface area contributed by atoms with Gasteiger partial charge in [-0.05, 0) is 43.9 Å². The summed E-state index contributed by atoms with van der Waals surface area (Å²) >= 11 is 0. The van der Waals surface area contributed by atoms with E-state index in [-0.39, 0.29) is 11.9 Å². The van der Waals surface area contributed by atoms with Gasteiger partial charge in [-0.2, -0.15) is 0 Å². The van der Waals surface area contributed by atoms with Gasteiger partial charge in [-0.3, -0.25) is 9.69 Å². The number of carbonyl (C=O) groups excluding carboxylic acids is 1. The molecule has 0 spiro atoms. The van der Waals surface area contributed by atoms with Crippen LogP contribution in [0.4, 0.5) is 0 Å². The van der Waals surface area contributed by atoms with Gasteiger partial charge in [-0.15, -0.1) is 0 Å². The average Bonchev–Trinajstić information content (AvgIpc) is 3.01. The van der Waals surface area contributed by atoms with E-state index in [4.69, 9.17) is 4.52 Å². The zero-order valence-corrected chi connectivity index (χ0v) is 14.0. The number of nitrogens with one attached hydrogen (secondary N) is 1. The third-order valence-electron chi connectivity index (χ3n) is 5.92. The van der Waals surface area contributed by atoms with Gasteiger partial charge in [0.05, 0.1) is 5.69 Å². The molecule has 2 atom stereocenters. The number of hydrogen-bond donors (Lipinski definition) is 1. The fourth-order valence-corrected chi connectivity index (χ4v) is 4.41. The molecule has 2 heterocycles. The van der Waals surface area contributed by atoms with Crippen molar-refractivity contribution in [3.63, 3.8) is 0 Å². The van der Waals surface area contributed by atoms with Gasteiger partial charge in [0.25, 0.3) is 5.91 Å². The monoisotopic (exact) mass is 317 g/mol. The molecule has 1 saturated heterocycles. The Hall–Kier alpha value is -1.36. The molecule has 5 nitrogen and oxygen atoms in total. The Bertz CT molecular complexity index is 560. The third-order valence-corrected chi connectivity index (χ3v) is 5.92. The Balaban J connectivity index is 1.42. The minimum atomic E-state index is -0.0962. The van der Waals surface area contributed by atoms with Gasteiger partial charge in [-0.1, -0.05) is 24.9 Å². The average molecular weight is 317 g/mol. The molecule has 2 saturated carbocycles. The fourth-order valence-electron chi connectivity index (χ4n) is 4.41. The first-order valence-corrected chi connectivity index (χ1v) is 9.25. The SMILES string of the molecule is CCc1cc(C(=O)N[C@H]2CN(C3CCCC3)C[C@@H]2C2CC2)on1. The highest BCUT2D eigenvalue weighted by Crippen LogP contribution is 2.43. The second-order valence-electron chi connectivity index (χ2n) is 7.51. The van der Waals surface area contributed by atoms with Crippen molar-refractivity contribution >= 4 is 5.91 Å². The van der Waals surface area contributed by atoms with E-state index >= 15 is 0 Å². The molecule has 0 aromatic carbocycles. The van der Waals surface area contributed by atoms with Crippen molar-refractivity contribution in [2.45, 2.75) is 64.0 Å². The number of amides is 1. The fraction of sp³-hybridized carbons (Fsp3) is 0.778. The van der Waals surface area contributed by atoms with Crippen LogP contribution in [0.15, 0.2) is 10.6 Å². The molecular weight excluding hydrogens is 290 g/mol. The quantitative estimate of drug-likeness (QED) is 0.907. The predicted molar refractivity (Wildman–Crippen MR) is 87.2 cm³/mol. The topological polar surface area (TPSA) is 58.4 Å². The van der Waals surface area contributed by atoms with Gasteiger partial charge >= 0.3 is 0 Å². The summed E-state index contributed by atoms with van der Waals surface area (Å²) in [5.41, 5.74) is 0.841. The molecule has 1 amide bonds. The van der Waals surface area contributed by atoms with Gasteiger partial charge in [-0.25, -0.2) is 0 Å². The zero-order chi connectivity index (χ0) is 15.8. The lowest BCUT2D eigenvalue weighted by molar-refractivity contribution is 0.0889. The molecule has 5 heteroatoms. The van der Waals surface area contributed by atoms with Crippen LogP contribution >= 0.6 is 0 Å². The van der Waals surface area contributed by atoms with Crippen molar-refractivity contribution in [1.29, 1.82) is 0 Å². The second kappa shape index (κ2) is 6.27. The zero-order valence-electron chi connectivity index (χ0n) is 14.0. The van der Waals surface area contributed by atoms with E-state index < -0.39 is 0 Å². The van der Waals surface area contributed by atoms with Crippen LogP contribution in [0, 0.1) is 11.8 Å². The summed E-state index contributed by atoms with van der Waals surface area (Å²) in [6.45, 7) is 4.18. The Kier molecular flexibility index (Phi) is 4.14. The summed E-state index contributed by atoms with van der Waals surface area (Å²) < 4.78 is 5.19. The van der Waals surface area contributed by atoms with Crippen LogP contribution in [0.5, 0.6) is 0 Å². The van der Waals surface area contributed by atoms with E-state index in [1.165, 1.54) is 38.5 Å². The molecule has 0 bridgehead atoms. The molecule has 0 unspecified atom stereocenters. The minimum absolute atomic E-state index is 0.0962. The molecule has 3 aliphatic rings. The van der Waals surface area contributed by atoms with Crippen LogP contribution in [0.1, 0.15) is 61.7 Å². The summed E-state index contributed by atoms with van der Waals surface area (Å²) in [6.07, 6.45) is 8.85. The standard InChI is InChI=1S/C18H27N3O2/c1-2-13-9-17(23-20-13)18(22)19-16-11-21(14-5-3-4-6-14)10-15(16)12-7-8-12/h9,12,14-16H,2-8,10-11H2,1H3,(H,19,22)/t15-,16+/m1/s1. The molecular formula is C18H27N3O2. The van der Waals surface area contributed by atoms with E-state index in [1.54, 1.807) is 6.07 Å². The van der Waals surface area contributed by atoms with Crippen LogP contribution in [0.2, 0.25) is 0 Å². The van der Waals surface area contributed by atoms with Crippen LogP contribution in [0.3, 0.4) is 0 Å². The number of carbonyl (C=O) groups is 1. The van der Waals surface area contributed by atoms with Gasteiger partial charge in [0.2, 0.25) is 5.76 Å². The van der Waals surface area contributed by atoms with Gasteiger partial charge in [0.15, 0.2) is 0 Å². The van der Waals surface area contributed by atoms with Gasteiger partial charge < -0.3 is 9.84 Å². The number of aromatic nitrogens is 1. The highest BCUT2D eigenvalue weighted by molar-refractivity contribution is 5.91. The van der Waals surface area contributed by atoms with E-state index in [9.17, 15) is 4.79 Å². The Morgan fingerprint density at radius 3 is 2.74 bits per heavy atom. The van der Waals surface area contributed by atoms with Crippen molar-refractivity contribution in [3.8, 4) is 0 Å². The summed E-state index contributed by atoms with van der Waals surface area (Å²) in [6, 6.07) is 2.78. The number of aryl methyl sites for hydroxylation is 1. The van der Waals surface area contributed by atoms with E-state index in [2.05, 4.69) is 15.4 Å². The smallest absolute Gasteiger partial charge is 0.290 e. The highest BCUT2D eigenvalue weighted by atomic mass is 16.5. The molecule has 4 rings (SSSR count). The van der Waals surface area contributed by atoms with Gasteiger partial charge in [0.1, 0.15) is 0 Å². The van der Waals surface area contributed by atoms with Crippen molar-refractivity contribution in [1.82, 2.24) is 15.4 Å². The van der Waals surface area contributed by atoms with Crippen molar-refractivity contribution < 1.29 is 9.32 Å². The summed E-state index contributed by atoms with van der Waals surface area (Å²) in [5, 5.41) is 7.17. The molecule has 23 heavy (non-hydrogen) atoms. The maximum atomic E-state index is 12.5. The van der Waals surface area contributed by atoms with E-state index in [0.717, 1.165) is 37.2 Å². The Labute approximate surface area is 137 Å². The molecule has 0 radical (unpaired) electrons. The number of rotatable bonds is 5. The van der Waals surface area contributed by atoms with Crippen molar-refractivity contribution in [3.05, 3.63) is 17.5 Å². The molecule has 3 fully saturated rings. The van der Waals surface area contributed by atoms with Crippen LogP contribution in [0.25, 0.3) is 0 Å². The molecule has 1 aliphatic heterocycles. The minimum Gasteiger partial charge on any atom is -0.351 e.